The van der Waals surface area contributed by atoms with Gasteiger partial charge in [-0.3, -0.25) is 9.59 Å². The van der Waals surface area contributed by atoms with E-state index >= 15 is 0 Å². The van der Waals surface area contributed by atoms with Gasteiger partial charge in [0.15, 0.2) is 0 Å². The van der Waals surface area contributed by atoms with Gasteiger partial charge in [-0.25, -0.2) is 0 Å². The number of nitrogens with one attached hydrogen (secondary N) is 1. The van der Waals surface area contributed by atoms with E-state index < -0.39 is 0 Å². The fourth-order valence-electron chi connectivity index (χ4n) is 1.08. The van der Waals surface area contributed by atoms with Crippen LogP contribution in [0.15, 0.2) is 0 Å². The third-order valence-corrected chi connectivity index (χ3v) is 2.03. The van der Waals surface area contributed by atoms with Crippen LogP contribution in [0.2, 0.25) is 0 Å². The van der Waals surface area contributed by atoms with Gasteiger partial charge in [0.2, 0.25) is 5.91 Å². The molecule has 0 aromatic heterocycles. The zero-order chi connectivity index (χ0) is 11.7. The SMILES string of the molecule is CCC(CC(=O)OC)NC(=O)CCOC. The van der Waals surface area contributed by atoms with E-state index in [2.05, 4.69) is 10.1 Å². The highest BCUT2D eigenvalue weighted by Crippen LogP contribution is 1.99. The highest BCUT2D eigenvalue weighted by atomic mass is 16.5. The van der Waals surface area contributed by atoms with Gasteiger partial charge in [-0.15, -0.1) is 0 Å². The van der Waals surface area contributed by atoms with Crippen molar-refractivity contribution in [1.82, 2.24) is 5.32 Å². The Morgan fingerprint density at radius 1 is 1.33 bits per heavy atom. The standard InChI is InChI=1S/C10H19NO4/c1-4-8(7-10(13)15-3)11-9(12)5-6-14-2/h8H,4-7H2,1-3H3,(H,11,12). The van der Waals surface area contributed by atoms with Gasteiger partial charge in [0.05, 0.1) is 20.1 Å². The van der Waals surface area contributed by atoms with E-state index in [1.807, 2.05) is 6.92 Å². The second-order valence-electron chi connectivity index (χ2n) is 3.20. The Hall–Kier alpha value is -1.10. The second kappa shape index (κ2) is 8.23. The molecule has 1 atom stereocenters. The van der Waals surface area contributed by atoms with E-state index in [0.717, 1.165) is 0 Å². The van der Waals surface area contributed by atoms with Crippen molar-refractivity contribution >= 4 is 11.9 Å². The van der Waals surface area contributed by atoms with Crippen LogP contribution in [-0.2, 0) is 19.1 Å². The number of methoxy groups -OCH3 is 2. The summed E-state index contributed by atoms with van der Waals surface area (Å²) in [5, 5.41) is 2.75. The van der Waals surface area contributed by atoms with E-state index in [9.17, 15) is 9.59 Å². The molecule has 0 saturated carbocycles. The Balaban J connectivity index is 3.87. The number of ether oxygens (including phenoxy) is 2. The molecule has 0 bridgehead atoms. The first kappa shape index (κ1) is 13.9. The van der Waals surface area contributed by atoms with Crippen molar-refractivity contribution in [3.8, 4) is 0 Å². The van der Waals surface area contributed by atoms with Gasteiger partial charge in [-0.05, 0) is 6.42 Å². The molecule has 0 heterocycles. The molecule has 0 aromatic rings. The third-order valence-electron chi connectivity index (χ3n) is 2.03. The first-order valence-corrected chi connectivity index (χ1v) is 4.99. The minimum Gasteiger partial charge on any atom is -0.469 e. The highest BCUT2D eigenvalue weighted by molar-refractivity contribution is 5.77. The first-order chi connectivity index (χ1) is 7.13. The average molecular weight is 217 g/mol. The molecule has 0 fully saturated rings. The van der Waals surface area contributed by atoms with Gasteiger partial charge in [0.1, 0.15) is 0 Å². The summed E-state index contributed by atoms with van der Waals surface area (Å²) in [7, 11) is 2.88. The number of hydrogen-bond donors (Lipinski definition) is 1. The molecule has 1 unspecified atom stereocenters. The fourth-order valence-corrected chi connectivity index (χ4v) is 1.08. The molecule has 5 heteroatoms. The van der Waals surface area contributed by atoms with Crippen LogP contribution in [-0.4, -0.2) is 38.7 Å². The summed E-state index contributed by atoms with van der Waals surface area (Å²) in [5.74, 6) is -0.415. The summed E-state index contributed by atoms with van der Waals surface area (Å²) in [6.45, 7) is 2.30. The Bertz CT molecular complexity index is 206. The maximum Gasteiger partial charge on any atom is 0.307 e. The van der Waals surface area contributed by atoms with Crippen LogP contribution >= 0.6 is 0 Å². The van der Waals surface area contributed by atoms with E-state index in [1.54, 1.807) is 7.11 Å². The minimum absolute atomic E-state index is 0.104. The maximum atomic E-state index is 11.3. The van der Waals surface area contributed by atoms with Crippen LogP contribution in [0, 0.1) is 0 Å². The summed E-state index contributed by atoms with van der Waals surface area (Å²) in [5.41, 5.74) is 0. The quantitative estimate of drug-likeness (QED) is 0.630. The normalized spacial score (nSPS) is 11.9. The molecule has 0 aliphatic heterocycles. The largest absolute Gasteiger partial charge is 0.469 e. The average Bonchev–Trinajstić information content (AvgIpc) is 2.25. The van der Waals surface area contributed by atoms with Gasteiger partial charge >= 0.3 is 5.97 Å². The molecule has 1 N–H and O–H groups in total. The third kappa shape index (κ3) is 6.90. The van der Waals surface area contributed by atoms with E-state index in [4.69, 9.17) is 4.74 Å². The Kier molecular flexibility index (Phi) is 7.62. The molecule has 0 aliphatic rings. The van der Waals surface area contributed by atoms with Crippen LogP contribution in [0.1, 0.15) is 26.2 Å². The van der Waals surface area contributed by atoms with Gasteiger partial charge in [-0.2, -0.15) is 0 Å². The number of rotatable bonds is 7. The molecule has 15 heavy (non-hydrogen) atoms. The van der Waals surface area contributed by atoms with Crippen LogP contribution in [0.5, 0.6) is 0 Å². The Morgan fingerprint density at radius 3 is 2.47 bits per heavy atom. The number of hydrogen-bond acceptors (Lipinski definition) is 4. The molecule has 0 radical (unpaired) electrons. The summed E-state index contributed by atoms with van der Waals surface area (Å²) in [4.78, 5) is 22.3. The number of carbonyl (C=O) groups is 2. The Labute approximate surface area is 90.1 Å². The van der Waals surface area contributed by atoms with Crippen LogP contribution in [0.25, 0.3) is 0 Å². The predicted molar refractivity (Wildman–Crippen MR) is 55.3 cm³/mol. The van der Waals surface area contributed by atoms with Gasteiger partial charge in [-0.1, -0.05) is 6.92 Å². The van der Waals surface area contributed by atoms with E-state index in [-0.39, 0.29) is 24.3 Å². The molecule has 0 saturated heterocycles. The molecule has 0 rings (SSSR count). The Morgan fingerprint density at radius 2 is 2.00 bits per heavy atom. The molecule has 0 spiro atoms. The van der Waals surface area contributed by atoms with Crippen molar-refractivity contribution in [2.75, 3.05) is 20.8 Å². The lowest BCUT2D eigenvalue weighted by molar-refractivity contribution is -0.141. The van der Waals surface area contributed by atoms with Crippen molar-refractivity contribution in [1.29, 1.82) is 0 Å². The van der Waals surface area contributed by atoms with E-state index in [0.29, 0.717) is 19.4 Å². The summed E-state index contributed by atoms with van der Waals surface area (Å²) < 4.78 is 9.31. The maximum absolute atomic E-state index is 11.3. The van der Waals surface area contributed by atoms with Crippen LogP contribution in [0.3, 0.4) is 0 Å². The fraction of sp³-hybridized carbons (Fsp3) is 0.800. The van der Waals surface area contributed by atoms with Crippen molar-refractivity contribution in [2.45, 2.75) is 32.2 Å². The monoisotopic (exact) mass is 217 g/mol. The first-order valence-electron chi connectivity index (χ1n) is 4.99. The van der Waals surface area contributed by atoms with Crippen molar-refractivity contribution < 1.29 is 19.1 Å². The number of esters is 1. The van der Waals surface area contributed by atoms with Crippen molar-refractivity contribution in [2.24, 2.45) is 0 Å². The van der Waals surface area contributed by atoms with Crippen molar-refractivity contribution in [3.05, 3.63) is 0 Å². The summed E-state index contributed by atoms with van der Waals surface area (Å²) in [6, 6.07) is -0.151. The molecule has 1 amide bonds. The molecular weight excluding hydrogens is 198 g/mol. The van der Waals surface area contributed by atoms with E-state index in [1.165, 1.54) is 7.11 Å². The summed E-state index contributed by atoms with van der Waals surface area (Å²) in [6.07, 6.45) is 1.23. The molecule has 88 valence electrons. The second-order valence-corrected chi connectivity index (χ2v) is 3.20. The number of amides is 1. The predicted octanol–water partition coefficient (Wildman–Crippen LogP) is 0.481. The molecular formula is C10H19NO4. The zero-order valence-corrected chi connectivity index (χ0v) is 9.54. The molecule has 0 aliphatic carbocycles. The lowest BCUT2D eigenvalue weighted by Gasteiger charge is -2.15. The van der Waals surface area contributed by atoms with Crippen molar-refractivity contribution in [3.63, 3.8) is 0 Å². The van der Waals surface area contributed by atoms with Gasteiger partial charge in [0.25, 0.3) is 0 Å². The highest BCUT2D eigenvalue weighted by Gasteiger charge is 2.14. The lowest BCUT2D eigenvalue weighted by Crippen LogP contribution is -2.36. The lowest BCUT2D eigenvalue weighted by atomic mass is 10.1. The van der Waals surface area contributed by atoms with Crippen LogP contribution < -0.4 is 5.32 Å². The zero-order valence-electron chi connectivity index (χ0n) is 9.54. The number of carbonyl (C=O) groups excluding carboxylic acids is 2. The van der Waals surface area contributed by atoms with Gasteiger partial charge in [0, 0.05) is 19.6 Å². The van der Waals surface area contributed by atoms with Crippen LogP contribution in [0.4, 0.5) is 0 Å². The summed E-state index contributed by atoms with van der Waals surface area (Å²) >= 11 is 0. The smallest absolute Gasteiger partial charge is 0.307 e. The topological polar surface area (TPSA) is 64.6 Å². The molecule has 0 aromatic carbocycles. The minimum atomic E-state index is -0.311. The van der Waals surface area contributed by atoms with Gasteiger partial charge < -0.3 is 14.8 Å². The molecule has 5 nitrogen and oxygen atoms in total.